The molecule has 1 saturated heterocycles. The second kappa shape index (κ2) is 10.2. The summed E-state index contributed by atoms with van der Waals surface area (Å²) in [4.78, 5) is 14.1. The molecule has 1 amide bonds. The van der Waals surface area contributed by atoms with Crippen LogP contribution in [0.2, 0.25) is 0 Å². The number of carbonyl (C=O) groups excluding carboxylic acids is 1. The second-order valence-corrected chi connectivity index (χ2v) is 8.21. The predicted octanol–water partition coefficient (Wildman–Crippen LogP) is 6.05. The van der Waals surface area contributed by atoms with Crippen molar-refractivity contribution in [3.8, 4) is 0 Å². The fourth-order valence-corrected chi connectivity index (χ4v) is 3.85. The Morgan fingerprint density at radius 2 is 1.56 bits per heavy atom. The summed E-state index contributed by atoms with van der Waals surface area (Å²) in [6, 6.07) is 6.90. The van der Waals surface area contributed by atoms with Gasteiger partial charge in [0.05, 0.1) is 17.5 Å². The van der Waals surface area contributed by atoms with Crippen LogP contribution >= 0.6 is 0 Å². The van der Waals surface area contributed by atoms with Gasteiger partial charge >= 0.3 is 12.4 Å². The average molecular weight is 488 g/mol. The van der Waals surface area contributed by atoms with Crippen LogP contribution < -0.4 is 5.32 Å². The molecule has 10 heteroatoms. The summed E-state index contributed by atoms with van der Waals surface area (Å²) in [6.45, 7) is 0.910. The third-order valence-corrected chi connectivity index (χ3v) is 5.61. The molecule has 1 aliphatic rings. The number of piperidine rings is 1. The fourth-order valence-electron chi connectivity index (χ4n) is 3.85. The molecule has 0 aromatic heterocycles. The molecule has 0 saturated carbocycles. The Balaban J connectivity index is 1.86. The van der Waals surface area contributed by atoms with Crippen molar-refractivity contribution in [3.63, 3.8) is 0 Å². The van der Waals surface area contributed by atoms with Gasteiger partial charge in [-0.15, -0.1) is 0 Å². The van der Waals surface area contributed by atoms with E-state index in [4.69, 9.17) is 0 Å². The first-order valence-electron chi connectivity index (χ1n) is 10.5. The Morgan fingerprint density at radius 3 is 2.06 bits per heavy atom. The fraction of sp³-hybridized carbons (Fsp3) is 0.375. The van der Waals surface area contributed by atoms with E-state index in [1.807, 2.05) is 0 Å². The van der Waals surface area contributed by atoms with Gasteiger partial charge in [0.15, 0.2) is 0 Å². The molecule has 1 N–H and O–H groups in total. The number of rotatable bonds is 5. The van der Waals surface area contributed by atoms with Crippen LogP contribution in [0.3, 0.4) is 0 Å². The molecule has 0 aliphatic carbocycles. The van der Waals surface area contributed by atoms with Crippen molar-refractivity contribution < 1.29 is 35.5 Å². The van der Waals surface area contributed by atoms with E-state index in [2.05, 4.69) is 5.32 Å². The number of hydrogen-bond acceptors (Lipinski definition) is 2. The number of nitrogens with one attached hydrogen (secondary N) is 1. The van der Waals surface area contributed by atoms with E-state index in [0.717, 1.165) is 29.9 Å². The van der Waals surface area contributed by atoms with Crippen LogP contribution in [0, 0.1) is 5.82 Å². The van der Waals surface area contributed by atoms with Crippen LogP contribution in [0.25, 0.3) is 5.57 Å². The van der Waals surface area contributed by atoms with Gasteiger partial charge in [-0.05, 0) is 66.4 Å². The van der Waals surface area contributed by atoms with Crippen LogP contribution in [0.15, 0.2) is 48.0 Å². The van der Waals surface area contributed by atoms with E-state index < -0.39 is 41.7 Å². The van der Waals surface area contributed by atoms with Gasteiger partial charge in [-0.2, -0.15) is 26.3 Å². The van der Waals surface area contributed by atoms with E-state index in [1.54, 1.807) is 12.1 Å². The maximum Gasteiger partial charge on any atom is 0.416 e. The van der Waals surface area contributed by atoms with Crippen molar-refractivity contribution in [2.75, 3.05) is 20.1 Å². The number of benzene rings is 2. The molecule has 184 valence electrons. The van der Waals surface area contributed by atoms with Crippen LogP contribution in [0.1, 0.15) is 41.5 Å². The van der Waals surface area contributed by atoms with Crippen molar-refractivity contribution in [1.29, 1.82) is 0 Å². The van der Waals surface area contributed by atoms with E-state index in [9.17, 15) is 35.5 Å². The molecule has 1 fully saturated rings. The highest BCUT2D eigenvalue weighted by molar-refractivity contribution is 5.89. The number of amides is 1. The summed E-state index contributed by atoms with van der Waals surface area (Å²) < 4.78 is 92.2. The Kier molecular flexibility index (Phi) is 7.70. The molecule has 0 atom stereocenters. The second-order valence-electron chi connectivity index (χ2n) is 8.21. The lowest BCUT2D eigenvalue weighted by Gasteiger charge is -2.24. The molecule has 0 unspecified atom stereocenters. The maximum atomic E-state index is 13.4. The van der Waals surface area contributed by atoms with Gasteiger partial charge in [0.2, 0.25) is 5.91 Å². The zero-order valence-corrected chi connectivity index (χ0v) is 18.3. The standard InChI is InChI=1S/C24H23F7N2O/c1-33(14-15-9-18(23(26,27)28)11-19(10-15)24(29,30)31)22(34)12-21(17-3-2-8-32-13-17)16-4-6-20(25)7-5-16/h4-7,9-11,32H,2-3,8,12-14H2,1H3. The first-order chi connectivity index (χ1) is 15.8. The van der Waals surface area contributed by atoms with Crippen LogP contribution in [-0.4, -0.2) is 30.9 Å². The quantitative estimate of drug-likeness (QED) is 0.520. The number of halogens is 7. The lowest BCUT2D eigenvalue weighted by Crippen LogP contribution is -2.28. The Hall–Kier alpha value is -2.88. The number of nitrogens with zero attached hydrogens (tertiary/aromatic N) is 1. The van der Waals surface area contributed by atoms with Gasteiger partial charge in [-0.3, -0.25) is 4.79 Å². The molecule has 2 aromatic rings. The van der Waals surface area contributed by atoms with Crippen molar-refractivity contribution in [3.05, 3.63) is 76.1 Å². The smallest absolute Gasteiger partial charge is 0.341 e. The van der Waals surface area contributed by atoms with Crippen molar-refractivity contribution in [2.45, 2.75) is 38.2 Å². The van der Waals surface area contributed by atoms with Crippen LogP contribution in [0.4, 0.5) is 30.7 Å². The topological polar surface area (TPSA) is 32.3 Å². The van der Waals surface area contributed by atoms with Crippen LogP contribution in [-0.2, 0) is 23.7 Å². The zero-order valence-electron chi connectivity index (χ0n) is 18.3. The monoisotopic (exact) mass is 488 g/mol. The van der Waals surface area contributed by atoms with Gasteiger partial charge in [-0.25, -0.2) is 4.39 Å². The van der Waals surface area contributed by atoms with Crippen molar-refractivity contribution >= 4 is 11.5 Å². The third-order valence-electron chi connectivity index (χ3n) is 5.61. The van der Waals surface area contributed by atoms with E-state index in [0.29, 0.717) is 29.8 Å². The largest absolute Gasteiger partial charge is 0.416 e. The number of alkyl halides is 6. The van der Waals surface area contributed by atoms with E-state index >= 15 is 0 Å². The van der Waals surface area contributed by atoms with E-state index in [-0.39, 0.29) is 18.1 Å². The highest BCUT2D eigenvalue weighted by Gasteiger charge is 2.37. The van der Waals surface area contributed by atoms with Crippen molar-refractivity contribution in [2.24, 2.45) is 0 Å². The summed E-state index contributed by atoms with van der Waals surface area (Å²) in [5.74, 6) is -0.924. The molecule has 1 aliphatic heterocycles. The summed E-state index contributed by atoms with van der Waals surface area (Å²) in [5.41, 5.74) is -0.878. The first-order valence-corrected chi connectivity index (χ1v) is 10.5. The molecular formula is C24H23F7N2O. The molecular weight excluding hydrogens is 465 g/mol. The lowest BCUT2D eigenvalue weighted by molar-refractivity contribution is -0.143. The highest BCUT2D eigenvalue weighted by atomic mass is 19.4. The molecule has 3 rings (SSSR count). The molecule has 0 bridgehead atoms. The average Bonchev–Trinajstić information content (AvgIpc) is 2.77. The van der Waals surface area contributed by atoms with Gasteiger partial charge in [0, 0.05) is 20.1 Å². The van der Waals surface area contributed by atoms with Crippen LogP contribution in [0.5, 0.6) is 0 Å². The van der Waals surface area contributed by atoms with Gasteiger partial charge in [0.1, 0.15) is 5.82 Å². The van der Waals surface area contributed by atoms with Gasteiger partial charge < -0.3 is 10.2 Å². The molecule has 3 nitrogen and oxygen atoms in total. The molecule has 0 radical (unpaired) electrons. The van der Waals surface area contributed by atoms with Gasteiger partial charge in [0.25, 0.3) is 0 Å². The lowest BCUT2D eigenvalue weighted by atomic mass is 9.92. The number of carbonyl (C=O) groups is 1. The summed E-state index contributed by atoms with van der Waals surface area (Å²) in [6.07, 6.45) is -8.49. The minimum Gasteiger partial charge on any atom is -0.341 e. The Labute approximate surface area is 192 Å². The number of hydrogen-bond donors (Lipinski definition) is 1. The SMILES string of the molecule is CN(Cc1cc(C(F)(F)F)cc(C(F)(F)F)c1)C(=O)CC(=C1CCCNC1)c1ccc(F)cc1. The molecule has 0 spiro atoms. The normalized spacial score (nSPS) is 16.4. The highest BCUT2D eigenvalue weighted by Crippen LogP contribution is 2.36. The molecule has 1 heterocycles. The molecule has 34 heavy (non-hydrogen) atoms. The third kappa shape index (κ3) is 6.59. The predicted molar refractivity (Wildman–Crippen MR) is 113 cm³/mol. The van der Waals surface area contributed by atoms with E-state index in [1.165, 1.54) is 19.2 Å². The summed E-state index contributed by atoms with van der Waals surface area (Å²) in [5, 5.41) is 3.21. The van der Waals surface area contributed by atoms with Crippen molar-refractivity contribution in [1.82, 2.24) is 10.2 Å². The Bertz CT molecular complexity index is 1020. The Morgan fingerprint density at radius 1 is 0.971 bits per heavy atom. The summed E-state index contributed by atoms with van der Waals surface area (Å²) >= 11 is 0. The zero-order chi connectivity index (χ0) is 25.1. The minimum atomic E-state index is -4.97. The summed E-state index contributed by atoms with van der Waals surface area (Å²) in [7, 11) is 1.32. The first kappa shape index (κ1) is 25.7. The molecule has 2 aromatic carbocycles. The minimum absolute atomic E-state index is 0.0540. The van der Waals surface area contributed by atoms with Gasteiger partial charge in [-0.1, -0.05) is 17.7 Å². The maximum absolute atomic E-state index is 13.4.